The average Bonchev–Trinajstić information content (AvgIpc) is 2.90. The highest BCUT2D eigenvalue weighted by molar-refractivity contribution is 6.32. The molecule has 2 aromatic carbocycles. The Kier molecular flexibility index (Phi) is 4.12. The highest BCUT2D eigenvalue weighted by atomic mass is 16.3. The lowest BCUT2D eigenvalue weighted by Gasteiger charge is -2.29. The number of carbonyl (C=O) groups excluding carboxylic acids is 1. The molecular weight excluding hydrogens is 311 g/mol. The van der Waals surface area contributed by atoms with E-state index in [1.54, 1.807) is 6.92 Å². The molecule has 126 valence electrons. The largest absolute Gasteiger partial charge is 0.472 e. The first-order chi connectivity index (χ1) is 11.8. The molecule has 1 aliphatic rings. The summed E-state index contributed by atoms with van der Waals surface area (Å²) < 4.78 is 5.69. The Balaban J connectivity index is 0.000000880. The van der Waals surface area contributed by atoms with Crippen LogP contribution in [0.5, 0.6) is 0 Å². The van der Waals surface area contributed by atoms with Gasteiger partial charge in [-0.2, -0.15) is 0 Å². The van der Waals surface area contributed by atoms with E-state index in [-0.39, 0.29) is 11.4 Å². The van der Waals surface area contributed by atoms with Gasteiger partial charge < -0.3 is 9.52 Å². The van der Waals surface area contributed by atoms with Crippen LogP contribution in [-0.4, -0.2) is 18.7 Å². The fourth-order valence-electron chi connectivity index (χ4n) is 3.61. The molecule has 0 saturated heterocycles. The van der Waals surface area contributed by atoms with E-state index >= 15 is 0 Å². The molecule has 4 rings (SSSR count). The molecule has 0 aliphatic heterocycles. The summed E-state index contributed by atoms with van der Waals surface area (Å²) in [5, 5.41) is 12.7. The van der Waals surface area contributed by atoms with Crippen LogP contribution in [0.1, 0.15) is 47.8 Å². The second kappa shape index (κ2) is 5.89. The van der Waals surface area contributed by atoms with Gasteiger partial charge in [-0.3, -0.25) is 4.79 Å². The Morgan fingerprint density at radius 2 is 1.76 bits per heavy atom. The van der Waals surface area contributed by atoms with Crippen LogP contribution >= 0.6 is 0 Å². The monoisotopic (exact) mass is 332 g/mol. The zero-order chi connectivity index (χ0) is 18.5. The lowest BCUT2D eigenvalue weighted by atomic mass is 9.75. The molecule has 25 heavy (non-hydrogen) atoms. The maximum Gasteiger partial charge on any atom is 0.200 e. The first kappa shape index (κ1) is 17.5. The highest BCUT2D eigenvalue weighted by Gasteiger charge is 2.45. The quantitative estimate of drug-likeness (QED) is 0.635. The minimum atomic E-state index is -1.65. The van der Waals surface area contributed by atoms with Gasteiger partial charge in [0.05, 0.1) is 5.66 Å². The molecule has 1 heterocycles. The van der Waals surface area contributed by atoms with Gasteiger partial charge in [0.2, 0.25) is 0 Å². The number of aliphatic hydroxyl groups is 1. The summed E-state index contributed by atoms with van der Waals surface area (Å²) in [5.41, 5.74) is 1.95. The third kappa shape index (κ3) is 2.28. The number of rotatable bonds is 0. The van der Waals surface area contributed by atoms with Gasteiger partial charge in [0.25, 0.3) is 0 Å². The van der Waals surface area contributed by atoms with Crippen molar-refractivity contribution in [1.29, 1.82) is 0 Å². The van der Waals surface area contributed by atoms with E-state index < -0.39 is 5.60 Å². The molecule has 1 aliphatic carbocycles. The van der Waals surface area contributed by atoms with Crippen molar-refractivity contribution < 1.29 is 14.3 Å². The van der Waals surface area contributed by atoms with Gasteiger partial charge in [-0.05, 0) is 48.7 Å². The molecule has 3 aromatic rings. The molecule has 1 aromatic heterocycles. The minimum absolute atomic E-state index is 0.236. The van der Waals surface area contributed by atoms with Crippen LogP contribution in [0.3, 0.4) is 0 Å². The molecule has 2 radical (unpaired) electrons. The molecule has 1 N–H and O–H groups in total. The lowest BCUT2D eigenvalue weighted by Crippen LogP contribution is -2.36. The van der Waals surface area contributed by atoms with Crippen LogP contribution in [0.2, 0.25) is 0 Å². The second-order valence-corrected chi connectivity index (χ2v) is 6.35. The van der Waals surface area contributed by atoms with Crippen molar-refractivity contribution in [3.8, 4) is 11.3 Å². The van der Waals surface area contributed by atoms with Gasteiger partial charge in [0.1, 0.15) is 5.76 Å². The number of hydrogen-bond acceptors (Lipinski definition) is 3. The fraction of sp³-hybridized carbons (Fsp3) is 0.286. The summed E-state index contributed by atoms with van der Waals surface area (Å²) in [5.74, 6) is 0.170. The smallest absolute Gasteiger partial charge is 0.200 e. The topological polar surface area (TPSA) is 50.4 Å². The number of hydrogen-bond donors (Lipinski definition) is 1. The number of Topliss-reactive ketones (excluding diaryl/α,β-unsaturated/α-hetero) is 1. The molecule has 4 heteroatoms. The maximum absolute atomic E-state index is 13.1. The Morgan fingerprint density at radius 3 is 2.44 bits per heavy atom. The standard InChI is InChI=1S/C19H15BO3.C2H6/c1-9-5-4-6-12-11(9)7-8-13-14(12)17(21)19(3,22)15-10(2)18(20)23-16(13)15;1-2/h4-8,22H,1-3H3;1-2H3. The number of furan rings is 1. The summed E-state index contributed by atoms with van der Waals surface area (Å²) >= 11 is 0. The van der Waals surface area contributed by atoms with Gasteiger partial charge in [0, 0.05) is 16.7 Å². The van der Waals surface area contributed by atoms with E-state index in [1.807, 2.05) is 51.1 Å². The van der Waals surface area contributed by atoms with Gasteiger partial charge in [0.15, 0.2) is 19.2 Å². The van der Waals surface area contributed by atoms with Crippen molar-refractivity contribution in [2.75, 3.05) is 0 Å². The van der Waals surface area contributed by atoms with E-state index in [0.29, 0.717) is 28.0 Å². The second-order valence-electron chi connectivity index (χ2n) is 6.35. The predicted molar refractivity (Wildman–Crippen MR) is 102 cm³/mol. The van der Waals surface area contributed by atoms with Crippen molar-refractivity contribution in [2.45, 2.75) is 40.2 Å². The SMILES string of the molecule is CC.[B]c1oc2c(c1C)C(C)(O)C(=O)c1c-2ccc2c(C)cccc12. The van der Waals surface area contributed by atoms with Crippen molar-refractivity contribution in [3.63, 3.8) is 0 Å². The van der Waals surface area contributed by atoms with Crippen molar-refractivity contribution >= 4 is 30.1 Å². The third-order valence-corrected chi connectivity index (χ3v) is 4.86. The zero-order valence-electron chi connectivity index (χ0n) is 15.2. The molecule has 0 saturated carbocycles. The minimum Gasteiger partial charge on any atom is -0.472 e. The van der Waals surface area contributed by atoms with Crippen molar-refractivity contribution in [3.05, 3.63) is 52.6 Å². The molecule has 3 nitrogen and oxygen atoms in total. The normalized spacial score (nSPS) is 18.4. The number of ketones is 1. The van der Waals surface area contributed by atoms with Crippen molar-refractivity contribution in [1.82, 2.24) is 0 Å². The Labute approximate surface area is 149 Å². The fourth-order valence-corrected chi connectivity index (χ4v) is 3.61. The van der Waals surface area contributed by atoms with Gasteiger partial charge in [-0.1, -0.05) is 38.1 Å². The number of aryl methyl sites for hydroxylation is 1. The molecule has 0 bridgehead atoms. The summed E-state index contributed by atoms with van der Waals surface area (Å²) in [6.07, 6.45) is 0. The van der Waals surface area contributed by atoms with Crippen LogP contribution in [0.4, 0.5) is 0 Å². The number of carbonyl (C=O) groups is 1. The van der Waals surface area contributed by atoms with E-state index in [2.05, 4.69) is 0 Å². The Hall–Kier alpha value is -2.33. The van der Waals surface area contributed by atoms with E-state index in [1.165, 1.54) is 6.92 Å². The summed E-state index contributed by atoms with van der Waals surface area (Å²) in [4.78, 5) is 13.1. The van der Waals surface area contributed by atoms with Crippen molar-refractivity contribution in [2.24, 2.45) is 0 Å². The first-order valence-electron chi connectivity index (χ1n) is 8.53. The molecule has 0 amide bonds. The molecule has 0 fully saturated rings. The van der Waals surface area contributed by atoms with E-state index in [0.717, 1.165) is 16.3 Å². The van der Waals surface area contributed by atoms with Crippen LogP contribution in [0.25, 0.3) is 22.1 Å². The van der Waals surface area contributed by atoms with Crippen LogP contribution in [0, 0.1) is 13.8 Å². The highest BCUT2D eigenvalue weighted by Crippen LogP contribution is 2.46. The zero-order valence-corrected chi connectivity index (χ0v) is 15.2. The van der Waals surface area contributed by atoms with E-state index in [9.17, 15) is 9.90 Å². The lowest BCUT2D eigenvalue weighted by molar-refractivity contribution is 0.0384. The van der Waals surface area contributed by atoms with Crippen LogP contribution in [0.15, 0.2) is 34.7 Å². The van der Waals surface area contributed by atoms with Crippen LogP contribution in [-0.2, 0) is 5.60 Å². The molecule has 1 atom stereocenters. The molecular formula is C21H21BO3. The first-order valence-corrected chi connectivity index (χ1v) is 8.53. The summed E-state index contributed by atoms with van der Waals surface area (Å²) in [6, 6.07) is 9.67. The van der Waals surface area contributed by atoms with Gasteiger partial charge in [-0.15, -0.1) is 0 Å². The van der Waals surface area contributed by atoms with Gasteiger partial charge in [-0.25, -0.2) is 0 Å². The average molecular weight is 332 g/mol. The molecule has 0 spiro atoms. The van der Waals surface area contributed by atoms with Crippen LogP contribution < -0.4 is 5.66 Å². The molecule has 1 unspecified atom stereocenters. The number of fused-ring (bicyclic) bond motifs is 5. The van der Waals surface area contributed by atoms with E-state index in [4.69, 9.17) is 12.3 Å². The Morgan fingerprint density at radius 1 is 1.08 bits per heavy atom. The summed E-state index contributed by atoms with van der Waals surface area (Å²) in [6.45, 7) is 9.27. The Bertz CT molecular complexity index is 996. The summed E-state index contributed by atoms with van der Waals surface area (Å²) in [7, 11) is 5.89. The van der Waals surface area contributed by atoms with Gasteiger partial charge >= 0.3 is 0 Å². The number of benzene rings is 2. The maximum atomic E-state index is 13.1. The third-order valence-electron chi connectivity index (χ3n) is 4.86. The predicted octanol–water partition coefficient (Wildman–Crippen LogP) is 3.94.